The third kappa shape index (κ3) is 3.15. The van der Waals surface area contributed by atoms with Gasteiger partial charge in [0, 0.05) is 30.9 Å². The molecule has 1 aromatic carbocycles. The van der Waals surface area contributed by atoms with Gasteiger partial charge in [0.05, 0.1) is 12.3 Å². The van der Waals surface area contributed by atoms with E-state index in [4.69, 9.17) is 0 Å². The molecular weight excluding hydrogens is 302 g/mol. The molecule has 6 nitrogen and oxygen atoms in total. The molecule has 1 saturated heterocycles. The van der Waals surface area contributed by atoms with E-state index in [0.717, 1.165) is 30.4 Å². The molecule has 0 atom stereocenters. The molecule has 2 N–H and O–H groups in total. The summed E-state index contributed by atoms with van der Waals surface area (Å²) in [6, 6.07) is 5.70. The van der Waals surface area contributed by atoms with Crippen molar-refractivity contribution in [3.05, 3.63) is 29.3 Å². The molecular formula is C15H17N3O3S. The molecule has 0 aromatic heterocycles. The van der Waals surface area contributed by atoms with Crippen LogP contribution in [0.15, 0.2) is 18.2 Å². The predicted octanol–water partition coefficient (Wildman–Crippen LogP) is 1.12. The number of hydrogen-bond acceptors (Lipinski definition) is 6. The summed E-state index contributed by atoms with van der Waals surface area (Å²) in [6.07, 6.45) is 0.945. The Labute approximate surface area is 132 Å². The zero-order valence-corrected chi connectivity index (χ0v) is 12.9. The highest BCUT2D eigenvalue weighted by atomic mass is 32.2. The van der Waals surface area contributed by atoms with E-state index >= 15 is 0 Å². The van der Waals surface area contributed by atoms with Crippen molar-refractivity contribution < 1.29 is 14.4 Å². The Balaban J connectivity index is 1.46. The summed E-state index contributed by atoms with van der Waals surface area (Å²) in [5.74, 6) is 0.0818. The van der Waals surface area contributed by atoms with Crippen molar-refractivity contribution in [1.29, 1.82) is 0 Å². The lowest BCUT2D eigenvalue weighted by Gasteiger charge is -2.12. The minimum atomic E-state index is -0.204. The fraction of sp³-hybridized carbons (Fsp3) is 0.400. The first-order valence-corrected chi connectivity index (χ1v) is 8.21. The molecule has 22 heavy (non-hydrogen) atoms. The molecule has 2 heterocycles. The van der Waals surface area contributed by atoms with E-state index in [-0.39, 0.29) is 29.2 Å². The van der Waals surface area contributed by atoms with Crippen molar-refractivity contribution in [3.8, 4) is 0 Å². The minimum Gasteiger partial charge on any atom is -0.384 e. The summed E-state index contributed by atoms with van der Waals surface area (Å²) in [5.41, 5.74) is 2.98. The molecule has 2 amide bonds. The molecule has 2 aliphatic rings. The number of hydrogen-bond donors (Lipinski definition) is 2. The second kappa shape index (κ2) is 6.50. The fourth-order valence-electron chi connectivity index (χ4n) is 2.57. The number of nitrogens with one attached hydrogen (secondary N) is 2. The second-order valence-corrected chi connectivity index (χ2v) is 6.18. The van der Waals surface area contributed by atoms with Crippen molar-refractivity contribution in [2.24, 2.45) is 0 Å². The Kier molecular flexibility index (Phi) is 4.44. The standard InChI is InChI=1S/C15H17N3O3S/c19-13(11-1-2-12-10(7-11)3-4-17-12)8-16-5-6-18-14(20)9-22-15(18)21/h1-2,7,16-17H,3-6,8-9H2. The van der Waals surface area contributed by atoms with Crippen molar-refractivity contribution in [1.82, 2.24) is 10.2 Å². The van der Waals surface area contributed by atoms with E-state index < -0.39 is 0 Å². The maximum atomic E-state index is 12.1. The highest BCUT2D eigenvalue weighted by Crippen LogP contribution is 2.23. The number of rotatable bonds is 6. The largest absolute Gasteiger partial charge is 0.384 e. The Morgan fingerprint density at radius 2 is 2.23 bits per heavy atom. The molecule has 3 rings (SSSR count). The molecule has 0 spiro atoms. The van der Waals surface area contributed by atoms with Gasteiger partial charge in [0.2, 0.25) is 5.91 Å². The number of nitrogens with zero attached hydrogens (tertiary/aromatic N) is 1. The Morgan fingerprint density at radius 1 is 1.36 bits per heavy atom. The quantitative estimate of drug-likeness (QED) is 0.604. The van der Waals surface area contributed by atoms with Crippen LogP contribution < -0.4 is 10.6 Å². The van der Waals surface area contributed by atoms with Gasteiger partial charge in [-0.1, -0.05) is 11.8 Å². The van der Waals surface area contributed by atoms with Crippen LogP contribution in [-0.2, 0) is 11.2 Å². The minimum absolute atomic E-state index is 0.0168. The normalized spacial score (nSPS) is 16.8. The Bertz CT molecular complexity index is 616. The first kappa shape index (κ1) is 15.1. The van der Waals surface area contributed by atoms with Crippen molar-refractivity contribution in [2.75, 3.05) is 37.2 Å². The lowest BCUT2D eigenvalue weighted by Crippen LogP contribution is -2.37. The van der Waals surface area contributed by atoms with Crippen molar-refractivity contribution in [2.45, 2.75) is 6.42 Å². The summed E-state index contributed by atoms with van der Waals surface area (Å²) < 4.78 is 0. The van der Waals surface area contributed by atoms with Gasteiger partial charge in [0.25, 0.3) is 5.24 Å². The number of carbonyl (C=O) groups is 3. The van der Waals surface area contributed by atoms with Gasteiger partial charge >= 0.3 is 0 Å². The molecule has 0 radical (unpaired) electrons. The second-order valence-electron chi connectivity index (χ2n) is 5.25. The number of thioether (sulfide) groups is 1. The summed E-state index contributed by atoms with van der Waals surface area (Å²) in [7, 11) is 0. The van der Waals surface area contributed by atoms with Crippen LogP contribution >= 0.6 is 11.8 Å². The van der Waals surface area contributed by atoms with Crippen LogP contribution in [0.3, 0.4) is 0 Å². The molecule has 0 saturated carbocycles. The van der Waals surface area contributed by atoms with Crippen LogP contribution in [0.25, 0.3) is 0 Å². The van der Waals surface area contributed by atoms with Crippen LogP contribution in [0.2, 0.25) is 0 Å². The zero-order chi connectivity index (χ0) is 15.5. The maximum Gasteiger partial charge on any atom is 0.288 e. The van der Waals surface area contributed by atoms with Crippen LogP contribution in [0.5, 0.6) is 0 Å². The number of Topliss-reactive ketones (excluding diaryl/α,β-unsaturated/α-hetero) is 1. The smallest absolute Gasteiger partial charge is 0.288 e. The highest BCUT2D eigenvalue weighted by molar-refractivity contribution is 8.14. The third-order valence-corrected chi connectivity index (χ3v) is 4.63. The van der Waals surface area contributed by atoms with Gasteiger partial charge in [-0.15, -0.1) is 0 Å². The number of ketones is 1. The monoisotopic (exact) mass is 319 g/mol. The molecule has 0 unspecified atom stereocenters. The number of benzene rings is 1. The van der Waals surface area contributed by atoms with Gasteiger partial charge in [0.1, 0.15) is 0 Å². The number of anilines is 1. The number of imide groups is 1. The molecule has 1 aromatic rings. The number of carbonyl (C=O) groups excluding carboxylic acids is 3. The van der Waals surface area contributed by atoms with E-state index in [0.29, 0.717) is 18.7 Å². The van der Waals surface area contributed by atoms with Gasteiger partial charge < -0.3 is 10.6 Å². The van der Waals surface area contributed by atoms with Crippen LogP contribution in [0, 0.1) is 0 Å². The van der Waals surface area contributed by atoms with E-state index in [1.54, 1.807) is 0 Å². The van der Waals surface area contributed by atoms with Gasteiger partial charge in [-0.25, -0.2) is 0 Å². The van der Waals surface area contributed by atoms with Gasteiger partial charge in [0.15, 0.2) is 5.78 Å². The van der Waals surface area contributed by atoms with Crippen LogP contribution in [-0.4, -0.2) is 53.8 Å². The highest BCUT2D eigenvalue weighted by Gasteiger charge is 2.29. The molecule has 0 bridgehead atoms. The first-order valence-electron chi connectivity index (χ1n) is 7.23. The fourth-order valence-corrected chi connectivity index (χ4v) is 3.32. The first-order chi connectivity index (χ1) is 10.6. The topological polar surface area (TPSA) is 78.5 Å². The Hall–Kier alpha value is -1.86. The molecule has 116 valence electrons. The summed E-state index contributed by atoms with van der Waals surface area (Å²) in [4.78, 5) is 36.2. The molecule has 1 fully saturated rings. The molecule has 0 aliphatic carbocycles. The Morgan fingerprint density at radius 3 is 3.00 bits per heavy atom. The maximum absolute atomic E-state index is 12.1. The number of fused-ring (bicyclic) bond motifs is 1. The van der Waals surface area contributed by atoms with E-state index in [1.165, 1.54) is 10.5 Å². The third-order valence-electron chi connectivity index (χ3n) is 3.78. The van der Waals surface area contributed by atoms with Crippen molar-refractivity contribution in [3.63, 3.8) is 0 Å². The summed E-state index contributed by atoms with van der Waals surface area (Å²) in [5, 5.41) is 6.05. The molecule has 7 heteroatoms. The van der Waals surface area contributed by atoms with Crippen LogP contribution in [0.4, 0.5) is 10.5 Å². The summed E-state index contributed by atoms with van der Waals surface area (Å²) >= 11 is 1.02. The average molecular weight is 319 g/mol. The lowest BCUT2D eigenvalue weighted by atomic mass is 10.1. The average Bonchev–Trinajstić information content (AvgIpc) is 3.10. The van der Waals surface area contributed by atoms with Gasteiger partial charge in [-0.2, -0.15) is 0 Å². The van der Waals surface area contributed by atoms with E-state index in [9.17, 15) is 14.4 Å². The summed E-state index contributed by atoms with van der Waals surface area (Å²) in [6.45, 7) is 1.86. The van der Waals surface area contributed by atoms with Gasteiger partial charge in [-0.05, 0) is 30.2 Å². The lowest BCUT2D eigenvalue weighted by molar-refractivity contribution is -0.124. The predicted molar refractivity (Wildman–Crippen MR) is 85.4 cm³/mol. The van der Waals surface area contributed by atoms with Crippen LogP contribution in [0.1, 0.15) is 15.9 Å². The van der Waals surface area contributed by atoms with Gasteiger partial charge in [-0.3, -0.25) is 19.3 Å². The SMILES string of the molecule is O=C(CNCCN1C(=O)CSC1=O)c1ccc2c(c1)CCN2. The molecule has 2 aliphatic heterocycles. The van der Waals surface area contributed by atoms with E-state index in [2.05, 4.69) is 10.6 Å². The van der Waals surface area contributed by atoms with Crippen molar-refractivity contribution >= 4 is 34.4 Å². The zero-order valence-electron chi connectivity index (χ0n) is 12.1. The van der Waals surface area contributed by atoms with E-state index in [1.807, 2.05) is 18.2 Å². The number of amides is 2.